The Bertz CT molecular complexity index is 1010. The zero-order valence-electron chi connectivity index (χ0n) is 18.7. The van der Waals surface area contributed by atoms with Crippen LogP contribution in [-0.4, -0.2) is 16.9 Å². The van der Waals surface area contributed by atoms with Gasteiger partial charge in [-0.15, -0.1) is 0 Å². The molecule has 0 bridgehead atoms. The van der Waals surface area contributed by atoms with Crippen LogP contribution in [0.2, 0.25) is 0 Å². The molecule has 0 saturated heterocycles. The first kappa shape index (κ1) is 21.5. The van der Waals surface area contributed by atoms with Gasteiger partial charge in [-0.1, -0.05) is 94.7 Å². The van der Waals surface area contributed by atoms with E-state index >= 15 is 0 Å². The molecule has 0 fully saturated rings. The van der Waals surface area contributed by atoms with Crippen LogP contribution in [0.4, 0.5) is 5.69 Å². The van der Waals surface area contributed by atoms with Crippen LogP contribution in [0.15, 0.2) is 60.8 Å². The van der Waals surface area contributed by atoms with E-state index in [0.717, 1.165) is 35.0 Å². The van der Waals surface area contributed by atoms with Gasteiger partial charge in [0.1, 0.15) is 0 Å². The molecule has 3 heteroatoms. The van der Waals surface area contributed by atoms with Gasteiger partial charge in [0.2, 0.25) is 0 Å². The van der Waals surface area contributed by atoms with Crippen molar-refractivity contribution >= 4 is 22.5 Å². The second kappa shape index (κ2) is 10.6. The third-order valence-electron chi connectivity index (χ3n) is 6.55. The number of carbonyl (C=O) groups excluding carboxylic acids is 1. The number of nitrogens with zero attached hydrogens (tertiary/aromatic N) is 2. The van der Waals surface area contributed by atoms with E-state index in [4.69, 9.17) is 0 Å². The Balaban J connectivity index is 1.52. The molecule has 1 aliphatic heterocycles. The Labute approximate surface area is 186 Å². The maximum atomic E-state index is 13.6. The Morgan fingerprint density at radius 3 is 2.45 bits per heavy atom. The molecule has 0 N–H and O–H groups in total. The number of fused-ring (bicyclic) bond motifs is 2. The Morgan fingerprint density at radius 1 is 0.871 bits per heavy atom. The Morgan fingerprint density at radius 2 is 1.61 bits per heavy atom. The molecular formula is C28H34N2O. The lowest BCUT2D eigenvalue weighted by Crippen LogP contribution is -2.46. The van der Waals surface area contributed by atoms with Crippen LogP contribution in [0.25, 0.3) is 10.9 Å². The van der Waals surface area contributed by atoms with E-state index in [1.165, 1.54) is 56.9 Å². The van der Waals surface area contributed by atoms with Crippen LogP contribution in [0.5, 0.6) is 0 Å². The average molecular weight is 415 g/mol. The molecule has 2 heterocycles. The first-order chi connectivity index (χ1) is 15.3. The average Bonchev–Trinajstić information content (AvgIpc) is 2.81. The molecule has 0 radical (unpaired) electrons. The van der Waals surface area contributed by atoms with Crippen LogP contribution in [0, 0.1) is 0 Å². The SMILES string of the molecule is CCCCCCCCCCC1Cc2ccccc2C(=O)N1c1cccc2cccnc12. The molecule has 3 nitrogen and oxygen atoms in total. The quantitative estimate of drug-likeness (QED) is 0.325. The fraction of sp³-hybridized carbons (Fsp3) is 0.429. The number of para-hydroxylation sites is 1. The summed E-state index contributed by atoms with van der Waals surface area (Å²) < 4.78 is 0. The summed E-state index contributed by atoms with van der Waals surface area (Å²) in [5.41, 5.74) is 3.88. The molecule has 3 aromatic rings. The highest BCUT2D eigenvalue weighted by molar-refractivity contribution is 6.12. The van der Waals surface area contributed by atoms with Gasteiger partial charge < -0.3 is 4.90 Å². The van der Waals surface area contributed by atoms with Crippen LogP contribution in [0.1, 0.15) is 80.6 Å². The van der Waals surface area contributed by atoms with Crippen LogP contribution in [-0.2, 0) is 6.42 Å². The van der Waals surface area contributed by atoms with Gasteiger partial charge in [0, 0.05) is 23.2 Å². The molecule has 1 aromatic heterocycles. The first-order valence-electron chi connectivity index (χ1n) is 12.0. The van der Waals surface area contributed by atoms with Crippen molar-refractivity contribution in [2.24, 2.45) is 0 Å². The van der Waals surface area contributed by atoms with E-state index in [9.17, 15) is 4.79 Å². The van der Waals surface area contributed by atoms with E-state index in [0.29, 0.717) is 0 Å². The predicted octanol–water partition coefficient (Wildman–Crippen LogP) is 7.34. The third kappa shape index (κ3) is 4.98. The molecular weight excluding hydrogens is 380 g/mol. The predicted molar refractivity (Wildman–Crippen MR) is 130 cm³/mol. The molecule has 0 spiro atoms. The molecule has 0 aliphatic carbocycles. The normalized spacial score (nSPS) is 16.0. The second-order valence-corrected chi connectivity index (χ2v) is 8.81. The van der Waals surface area contributed by atoms with Gasteiger partial charge in [-0.25, -0.2) is 0 Å². The molecule has 2 aromatic carbocycles. The van der Waals surface area contributed by atoms with E-state index in [1.807, 2.05) is 35.4 Å². The monoisotopic (exact) mass is 414 g/mol. The molecule has 162 valence electrons. The summed E-state index contributed by atoms with van der Waals surface area (Å²) >= 11 is 0. The fourth-order valence-corrected chi connectivity index (χ4v) is 4.88. The van der Waals surface area contributed by atoms with Crippen molar-refractivity contribution in [3.05, 3.63) is 71.9 Å². The van der Waals surface area contributed by atoms with Crippen molar-refractivity contribution in [3.63, 3.8) is 0 Å². The fourth-order valence-electron chi connectivity index (χ4n) is 4.88. The van der Waals surface area contributed by atoms with Gasteiger partial charge in [0.15, 0.2) is 0 Å². The molecule has 31 heavy (non-hydrogen) atoms. The van der Waals surface area contributed by atoms with Crippen molar-refractivity contribution in [1.29, 1.82) is 0 Å². The zero-order chi connectivity index (χ0) is 21.5. The van der Waals surface area contributed by atoms with Crippen molar-refractivity contribution in [1.82, 2.24) is 4.98 Å². The van der Waals surface area contributed by atoms with Gasteiger partial charge in [0.05, 0.1) is 11.2 Å². The van der Waals surface area contributed by atoms with E-state index in [2.05, 4.69) is 42.2 Å². The lowest BCUT2D eigenvalue weighted by atomic mass is 9.89. The van der Waals surface area contributed by atoms with Crippen LogP contribution in [0.3, 0.4) is 0 Å². The van der Waals surface area contributed by atoms with Crippen molar-refractivity contribution in [2.45, 2.75) is 77.2 Å². The Hall–Kier alpha value is -2.68. The third-order valence-corrected chi connectivity index (χ3v) is 6.55. The number of hydrogen-bond acceptors (Lipinski definition) is 2. The Kier molecular flexibility index (Phi) is 7.35. The molecule has 1 aliphatic rings. The number of carbonyl (C=O) groups is 1. The maximum absolute atomic E-state index is 13.6. The number of benzene rings is 2. The molecule has 1 amide bonds. The standard InChI is InChI=1S/C28H34N2O/c1-2-3-4-5-6-7-8-9-17-24-21-23-14-10-11-18-25(23)28(31)30(24)26-19-12-15-22-16-13-20-29-27(22)26/h10-16,18-20,24H,2-9,17,21H2,1H3. The zero-order valence-corrected chi connectivity index (χ0v) is 18.7. The highest BCUT2D eigenvalue weighted by Crippen LogP contribution is 2.34. The summed E-state index contributed by atoms with van der Waals surface area (Å²) in [6, 6.07) is 18.5. The minimum Gasteiger partial charge on any atom is -0.303 e. The summed E-state index contributed by atoms with van der Waals surface area (Å²) in [6.45, 7) is 2.26. The number of amides is 1. The maximum Gasteiger partial charge on any atom is 0.258 e. The van der Waals surface area contributed by atoms with Gasteiger partial charge in [-0.3, -0.25) is 9.78 Å². The lowest BCUT2D eigenvalue weighted by Gasteiger charge is -2.37. The highest BCUT2D eigenvalue weighted by Gasteiger charge is 2.33. The van der Waals surface area contributed by atoms with Crippen LogP contribution < -0.4 is 4.90 Å². The van der Waals surface area contributed by atoms with E-state index in [1.54, 1.807) is 0 Å². The summed E-state index contributed by atoms with van der Waals surface area (Å²) in [7, 11) is 0. The second-order valence-electron chi connectivity index (χ2n) is 8.81. The molecule has 4 rings (SSSR count). The topological polar surface area (TPSA) is 33.2 Å². The molecule has 1 atom stereocenters. The minimum absolute atomic E-state index is 0.115. The summed E-state index contributed by atoms with van der Waals surface area (Å²) in [4.78, 5) is 20.3. The number of aromatic nitrogens is 1. The van der Waals surface area contributed by atoms with Gasteiger partial charge in [-0.05, 0) is 36.6 Å². The van der Waals surface area contributed by atoms with Crippen molar-refractivity contribution < 1.29 is 4.79 Å². The summed E-state index contributed by atoms with van der Waals surface area (Å²) in [6.07, 6.45) is 14.2. The summed E-state index contributed by atoms with van der Waals surface area (Å²) in [5.74, 6) is 0.115. The number of unbranched alkanes of at least 4 members (excludes halogenated alkanes) is 7. The van der Waals surface area contributed by atoms with Crippen molar-refractivity contribution in [2.75, 3.05) is 4.90 Å². The van der Waals surface area contributed by atoms with E-state index < -0.39 is 0 Å². The number of pyridine rings is 1. The molecule has 0 saturated carbocycles. The summed E-state index contributed by atoms with van der Waals surface area (Å²) in [5, 5.41) is 1.08. The van der Waals surface area contributed by atoms with Crippen LogP contribution >= 0.6 is 0 Å². The minimum atomic E-state index is 0.115. The van der Waals surface area contributed by atoms with Crippen molar-refractivity contribution in [3.8, 4) is 0 Å². The number of anilines is 1. The van der Waals surface area contributed by atoms with Gasteiger partial charge >= 0.3 is 0 Å². The number of hydrogen-bond donors (Lipinski definition) is 0. The van der Waals surface area contributed by atoms with Gasteiger partial charge in [-0.2, -0.15) is 0 Å². The first-order valence-corrected chi connectivity index (χ1v) is 12.0. The van der Waals surface area contributed by atoms with E-state index in [-0.39, 0.29) is 11.9 Å². The lowest BCUT2D eigenvalue weighted by molar-refractivity contribution is 0.0965. The largest absolute Gasteiger partial charge is 0.303 e. The molecule has 1 unspecified atom stereocenters. The number of rotatable bonds is 10. The van der Waals surface area contributed by atoms with Gasteiger partial charge in [0.25, 0.3) is 5.91 Å². The highest BCUT2D eigenvalue weighted by atomic mass is 16.2. The smallest absolute Gasteiger partial charge is 0.258 e.